The largest absolute Gasteiger partial charge is 0.475 e. The van der Waals surface area contributed by atoms with E-state index in [2.05, 4.69) is 15.3 Å². The molecular formula is C11H19N3O3. The van der Waals surface area contributed by atoms with Crippen molar-refractivity contribution < 1.29 is 14.9 Å². The molecule has 0 aliphatic rings. The van der Waals surface area contributed by atoms with Crippen molar-refractivity contribution >= 4 is 5.82 Å². The number of hydrogen-bond donors (Lipinski definition) is 3. The maximum absolute atomic E-state index is 9.16. The molecule has 0 bridgehead atoms. The molecule has 1 aromatic heterocycles. The quantitative estimate of drug-likeness (QED) is 0.669. The minimum Gasteiger partial charge on any atom is -0.475 e. The van der Waals surface area contributed by atoms with Crippen LogP contribution in [0, 0.1) is 0 Å². The smallest absolute Gasteiger partial charge is 0.218 e. The second kappa shape index (κ2) is 5.79. The molecule has 0 fully saturated rings. The van der Waals surface area contributed by atoms with E-state index in [1.807, 2.05) is 13.8 Å². The summed E-state index contributed by atoms with van der Waals surface area (Å²) < 4.78 is 5.42. The Morgan fingerprint density at radius 2 is 2.00 bits per heavy atom. The highest BCUT2D eigenvalue weighted by Crippen LogP contribution is 2.16. The monoisotopic (exact) mass is 241 g/mol. The Balaban J connectivity index is 2.78. The standard InChI is InChI=1S/C11H19N3O3/c1-8(2)17-10-4-9(12-7-13-10)14-11(3,5-15)6-16/h4,7-8,15-16H,5-6H2,1-3H3,(H,12,13,14). The predicted molar refractivity (Wildman–Crippen MR) is 64.0 cm³/mol. The van der Waals surface area contributed by atoms with Crippen molar-refractivity contribution in [3.63, 3.8) is 0 Å². The first-order chi connectivity index (χ1) is 7.99. The molecule has 0 aliphatic carbocycles. The Bertz CT molecular complexity index is 354. The summed E-state index contributed by atoms with van der Waals surface area (Å²) in [6, 6.07) is 1.63. The Labute approximate surface area is 101 Å². The lowest BCUT2D eigenvalue weighted by atomic mass is 10.1. The molecule has 0 saturated heterocycles. The molecule has 0 atom stereocenters. The molecule has 0 aliphatic heterocycles. The van der Waals surface area contributed by atoms with Crippen LogP contribution in [0.2, 0.25) is 0 Å². The zero-order valence-corrected chi connectivity index (χ0v) is 10.3. The van der Waals surface area contributed by atoms with Crippen LogP contribution >= 0.6 is 0 Å². The van der Waals surface area contributed by atoms with Gasteiger partial charge in [0.2, 0.25) is 5.88 Å². The highest BCUT2D eigenvalue weighted by molar-refractivity contribution is 5.40. The van der Waals surface area contributed by atoms with E-state index < -0.39 is 5.54 Å². The number of nitrogens with zero attached hydrogens (tertiary/aromatic N) is 2. The molecule has 0 aromatic carbocycles. The molecule has 0 amide bonds. The molecule has 96 valence electrons. The van der Waals surface area contributed by atoms with Gasteiger partial charge in [0.15, 0.2) is 0 Å². The van der Waals surface area contributed by atoms with Gasteiger partial charge in [0.05, 0.1) is 24.9 Å². The molecule has 1 heterocycles. The van der Waals surface area contributed by atoms with Crippen LogP contribution in [0.5, 0.6) is 5.88 Å². The van der Waals surface area contributed by atoms with Crippen LogP contribution in [0.4, 0.5) is 5.82 Å². The van der Waals surface area contributed by atoms with Crippen molar-refractivity contribution in [3.05, 3.63) is 12.4 Å². The van der Waals surface area contributed by atoms with E-state index >= 15 is 0 Å². The van der Waals surface area contributed by atoms with E-state index in [4.69, 9.17) is 14.9 Å². The van der Waals surface area contributed by atoms with Crippen LogP contribution < -0.4 is 10.1 Å². The van der Waals surface area contributed by atoms with Crippen LogP contribution in [0.1, 0.15) is 20.8 Å². The molecule has 6 heteroatoms. The Morgan fingerprint density at radius 1 is 1.35 bits per heavy atom. The minimum atomic E-state index is -0.816. The van der Waals surface area contributed by atoms with Crippen molar-refractivity contribution in [2.45, 2.75) is 32.4 Å². The first-order valence-electron chi connectivity index (χ1n) is 5.48. The third-order valence-electron chi connectivity index (χ3n) is 2.13. The summed E-state index contributed by atoms with van der Waals surface area (Å²) in [5.74, 6) is 0.956. The van der Waals surface area contributed by atoms with Gasteiger partial charge in [0.25, 0.3) is 0 Å². The lowest BCUT2D eigenvalue weighted by molar-refractivity contribution is 0.147. The van der Waals surface area contributed by atoms with Gasteiger partial charge in [-0.1, -0.05) is 0 Å². The van der Waals surface area contributed by atoms with Crippen molar-refractivity contribution in [1.29, 1.82) is 0 Å². The second-order valence-corrected chi connectivity index (χ2v) is 4.41. The maximum atomic E-state index is 9.16. The first kappa shape index (κ1) is 13.7. The summed E-state index contributed by atoms with van der Waals surface area (Å²) in [6.45, 7) is 5.10. The average molecular weight is 241 g/mol. The van der Waals surface area contributed by atoms with Gasteiger partial charge < -0.3 is 20.3 Å². The second-order valence-electron chi connectivity index (χ2n) is 4.41. The first-order valence-corrected chi connectivity index (χ1v) is 5.48. The zero-order chi connectivity index (χ0) is 12.9. The van der Waals surface area contributed by atoms with E-state index in [9.17, 15) is 0 Å². The van der Waals surface area contributed by atoms with Gasteiger partial charge in [-0.2, -0.15) is 0 Å². The fourth-order valence-electron chi connectivity index (χ4n) is 1.15. The van der Waals surface area contributed by atoms with Crippen molar-refractivity contribution in [2.24, 2.45) is 0 Å². The summed E-state index contributed by atoms with van der Waals surface area (Å²) in [7, 11) is 0. The third-order valence-corrected chi connectivity index (χ3v) is 2.13. The Kier molecular flexibility index (Phi) is 4.65. The summed E-state index contributed by atoms with van der Waals surface area (Å²) in [4.78, 5) is 7.97. The van der Waals surface area contributed by atoms with Crippen molar-refractivity contribution in [2.75, 3.05) is 18.5 Å². The summed E-state index contributed by atoms with van der Waals surface area (Å²) >= 11 is 0. The topological polar surface area (TPSA) is 87.5 Å². The summed E-state index contributed by atoms with van der Waals surface area (Å²) in [5, 5.41) is 21.3. The molecule has 0 saturated carbocycles. The van der Waals surface area contributed by atoms with Crippen LogP contribution in [0.3, 0.4) is 0 Å². The molecule has 17 heavy (non-hydrogen) atoms. The zero-order valence-electron chi connectivity index (χ0n) is 10.3. The van der Waals surface area contributed by atoms with Gasteiger partial charge in [-0.25, -0.2) is 9.97 Å². The highest BCUT2D eigenvalue weighted by Gasteiger charge is 2.22. The van der Waals surface area contributed by atoms with Crippen LogP contribution in [-0.2, 0) is 0 Å². The molecule has 0 spiro atoms. The van der Waals surface area contributed by atoms with Crippen molar-refractivity contribution in [3.8, 4) is 5.88 Å². The number of rotatable bonds is 6. The van der Waals surface area contributed by atoms with E-state index in [0.717, 1.165) is 0 Å². The number of anilines is 1. The number of hydrogen-bond acceptors (Lipinski definition) is 6. The van der Waals surface area contributed by atoms with Crippen molar-refractivity contribution in [1.82, 2.24) is 9.97 Å². The third kappa shape index (κ3) is 4.16. The number of nitrogens with one attached hydrogen (secondary N) is 1. The summed E-state index contributed by atoms with van der Waals surface area (Å²) in [5.41, 5.74) is -0.816. The number of aromatic nitrogens is 2. The average Bonchev–Trinajstić information content (AvgIpc) is 2.28. The van der Waals surface area contributed by atoms with E-state index in [1.165, 1.54) is 6.33 Å². The van der Waals surface area contributed by atoms with Crippen LogP contribution in [-0.4, -0.2) is 45.0 Å². The van der Waals surface area contributed by atoms with Crippen LogP contribution in [0.25, 0.3) is 0 Å². The van der Waals surface area contributed by atoms with E-state index in [1.54, 1.807) is 13.0 Å². The fourth-order valence-corrected chi connectivity index (χ4v) is 1.15. The Morgan fingerprint density at radius 3 is 2.53 bits per heavy atom. The van der Waals surface area contributed by atoms with Crippen LogP contribution in [0.15, 0.2) is 12.4 Å². The lowest BCUT2D eigenvalue weighted by Gasteiger charge is -2.26. The van der Waals surface area contributed by atoms with E-state index in [-0.39, 0.29) is 19.3 Å². The van der Waals surface area contributed by atoms with E-state index in [0.29, 0.717) is 11.7 Å². The van der Waals surface area contributed by atoms with Gasteiger partial charge in [-0.05, 0) is 20.8 Å². The molecule has 6 nitrogen and oxygen atoms in total. The molecule has 0 radical (unpaired) electrons. The summed E-state index contributed by atoms with van der Waals surface area (Å²) in [6.07, 6.45) is 1.40. The van der Waals surface area contributed by atoms with Gasteiger partial charge in [0.1, 0.15) is 12.1 Å². The molecule has 3 N–H and O–H groups in total. The predicted octanol–water partition coefficient (Wildman–Crippen LogP) is 0.419. The lowest BCUT2D eigenvalue weighted by Crippen LogP contribution is -2.42. The van der Waals surface area contributed by atoms with Gasteiger partial charge in [-0.15, -0.1) is 0 Å². The molecule has 1 aromatic rings. The SMILES string of the molecule is CC(C)Oc1cc(NC(C)(CO)CO)ncn1. The highest BCUT2D eigenvalue weighted by atomic mass is 16.5. The molecule has 1 rings (SSSR count). The molecule has 0 unspecified atom stereocenters. The molecular weight excluding hydrogens is 222 g/mol. The minimum absolute atomic E-state index is 0.0276. The van der Waals surface area contributed by atoms with Gasteiger partial charge >= 0.3 is 0 Å². The van der Waals surface area contributed by atoms with Gasteiger partial charge in [-0.3, -0.25) is 0 Å². The normalized spacial score (nSPS) is 11.6. The number of ether oxygens (including phenoxy) is 1. The fraction of sp³-hybridized carbons (Fsp3) is 0.636. The Hall–Kier alpha value is -1.40. The maximum Gasteiger partial charge on any atom is 0.218 e. The number of aliphatic hydroxyl groups is 2. The van der Waals surface area contributed by atoms with Gasteiger partial charge in [0, 0.05) is 6.07 Å². The number of aliphatic hydroxyl groups excluding tert-OH is 2.